The second-order valence-electron chi connectivity index (χ2n) is 5.94. The van der Waals surface area contributed by atoms with Gasteiger partial charge in [-0.3, -0.25) is 9.78 Å². The SMILES string of the molecule is O=c1[nH]c(-c2ccccn2)nc2c1CCCN2Cc1ccccc1. The number of fused-ring (bicyclic) bond motifs is 1. The Labute approximate surface area is 140 Å². The van der Waals surface area contributed by atoms with E-state index in [0.29, 0.717) is 11.5 Å². The third kappa shape index (κ3) is 2.80. The van der Waals surface area contributed by atoms with Gasteiger partial charge in [0, 0.05) is 19.3 Å². The average Bonchev–Trinajstić information content (AvgIpc) is 2.64. The first kappa shape index (κ1) is 14.6. The number of aromatic nitrogens is 3. The van der Waals surface area contributed by atoms with E-state index in [9.17, 15) is 4.79 Å². The molecule has 1 aliphatic rings. The normalized spacial score (nSPS) is 13.6. The molecule has 24 heavy (non-hydrogen) atoms. The molecule has 0 fully saturated rings. The zero-order valence-corrected chi connectivity index (χ0v) is 13.3. The van der Waals surface area contributed by atoms with Crippen molar-refractivity contribution in [3.05, 3.63) is 76.2 Å². The van der Waals surface area contributed by atoms with Crippen LogP contribution in [0.15, 0.2) is 59.5 Å². The highest BCUT2D eigenvalue weighted by molar-refractivity contribution is 5.56. The maximum absolute atomic E-state index is 12.5. The zero-order valence-electron chi connectivity index (χ0n) is 13.3. The summed E-state index contributed by atoms with van der Waals surface area (Å²) in [7, 11) is 0. The van der Waals surface area contributed by atoms with Gasteiger partial charge in [-0.25, -0.2) is 4.98 Å². The van der Waals surface area contributed by atoms with E-state index in [2.05, 4.69) is 27.0 Å². The van der Waals surface area contributed by atoms with Crippen molar-refractivity contribution in [1.82, 2.24) is 15.0 Å². The van der Waals surface area contributed by atoms with Crippen LogP contribution < -0.4 is 10.5 Å². The molecule has 0 unspecified atom stereocenters. The second kappa shape index (κ2) is 6.28. The van der Waals surface area contributed by atoms with E-state index in [1.54, 1.807) is 6.20 Å². The number of nitrogens with one attached hydrogen (secondary N) is 1. The third-order valence-electron chi connectivity index (χ3n) is 4.27. The summed E-state index contributed by atoms with van der Waals surface area (Å²) in [6.45, 7) is 1.66. The highest BCUT2D eigenvalue weighted by Gasteiger charge is 2.22. The first-order chi connectivity index (χ1) is 11.8. The lowest BCUT2D eigenvalue weighted by molar-refractivity contribution is 0.670. The first-order valence-corrected chi connectivity index (χ1v) is 8.15. The molecule has 2 aromatic heterocycles. The van der Waals surface area contributed by atoms with Gasteiger partial charge in [0.2, 0.25) is 0 Å². The third-order valence-corrected chi connectivity index (χ3v) is 4.27. The van der Waals surface area contributed by atoms with Crippen molar-refractivity contribution >= 4 is 5.82 Å². The van der Waals surface area contributed by atoms with Gasteiger partial charge in [-0.2, -0.15) is 0 Å². The van der Waals surface area contributed by atoms with Crippen LogP contribution in [0.4, 0.5) is 5.82 Å². The number of hydrogen-bond acceptors (Lipinski definition) is 4. The molecule has 5 heteroatoms. The lowest BCUT2D eigenvalue weighted by Crippen LogP contribution is -2.34. The van der Waals surface area contributed by atoms with Gasteiger partial charge in [0.05, 0.1) is 5.56 Å². The predicted molar refractivity (Wildman–Crippen MR) is 93.9 cm³/mol. The maximum Gasteiger partial charge on any atom is 0.256 e. The fourth-order valence-corrected chi connectivity index (χ4v) is 3.11. The minimum Gasteiger partial charge on any atom is -0.352 e. The summed E-state index contributed by atoms with van der Waals surface area (Å²) in [4.78, 5) is 26.6. The van der Waals surface area contributed by atoms with Crippen molar-refractivity contribution in [3.8, 4) is 11.5 Å². The molecule has 1 N–H and O–H groups in total. The molecule has 3 heterocycles. The Hall–Kier alpha value is -2.95. The maximum atomic E-state index is 12.5. The summed E-state index contributed by atoms with van der Waals surface area (Å²) >= 11 is 0. The molecular weight excluding hydrogens is 300 g/mol. The molecular formula is C19H18N4O. The van der Waals surface area contributed by atoms with Crippen LogP contribution in [0.5, 0.6) is 0 Å². The van der Waals surface area contributed by atoms with Crippen LogP contribution in [-0.2, 0) is 13.0 Å². The van der Waals surface area contributed by atoms with Crippen molar-refractivity contribution in [2.75, 3.05) is 11.4 Å². The number of nitrogens with zero attached hydrogens (tertiary/aromatic N) is 3. The predicted octanol–water partition coefficient (Wildman–Crippen LogP) is 2.78. The van der Waals surface area contributed by atoms with Crippen LogP contribution in [0.2, 0.25) is 0 Å². The van der Waals surface area contributed by atoms with Crippen molar-refractivity contribution in [3.63, 3.8) is 0 Å². The Balaban J connectivity index is 1.75. The summed E-state index contributed by atoms with van der Waals surface area (Å²) in [6, 6.07) is 15.9. The van der Waals surface area contributed by atoms with Gasteiger partial charge >= 0.3 is 0 Å². The van der Waals surface area contributed by atoms with E-state index in [-0.39, 0.29) is 5.56 Å². The summed E-state index contributed by atoms with van der Waals surface area (Å²) in [6.07, 6.45) is 3.44. The highest BCUT2D eigenvalue weighted by Crippen LogP contribution is 2.25. The Morgan fingerprint density at radius 2 is 1.92 bits per heavy atom. The van der Waals surface area contributed by atoms with Crippen LogP contribution >= 0.6 is 0 Å². The van der Waals surface area contributed by atoms with Gasteiger partial charge in [-0.05, 0) is 30.5 Å². The standard InChI is InChI=1S/C19H18N4O/c24-19-15-9-6-12-23(13-14-7-2-1-3-8-14)18(15)21-17(22-19)16-10-4-5-11-20-16/h1-5,7-8,10-11H,6,9,12-13H2,(H,21,22,24). The fourth-order valence-electron chi connectivity index (χ4n) is 3.11. The van der Waals surface area contributed by atoms with E-state index >= 15 is 0 Å². The van der Waals surface area contributed by atoms with Gasteiger partial charge in [0.1, 0.15) is 11.5 Å². The van der Waals surface area contributed by atoms with E-state index < -0.39 is 0 Å². The Kier molecular flexibility index (Phi) is 3.83. The van der Waals surface area contributed by atoms with Gasteiger partial charge < -0.3 is 9.88 Å². The van der Waals surface area contributed by atoms with Gasteiger partial charge in [-0.1, -0.05) is 36.4 Å². The van der Waals surface area contributed by atoms with E-state index in [4.69, 9.17) is 4.98 Å². The molecule has 0 saturated heterocycles. The van der Waals surface area contributed by atoms with Crippen LogP contribution in [-0.4, -0.2) is 21.5 Å². The number of rotatable bonds is 3. The molecule has 0 radical (unpaired) electrons. The Morgan fingerprint density at radius 1 is 1.08 bits per heavy atom. The molecule has 0 atom stereocenters. The second-order valence-corrected chi connectivity index (χ2v) is 5.94. The molecule has 3 aromatic rings. The largest absolute Gasteiger partial charge is 0.352 e. The van der Waals surface area contributed by atoms with Crippen molar-refractivity contribution < 1.29 is 0 Å². The number of pyridine rings is 1. The molecule has 120 valence electrons. The van der Waals surface area contributed by atoms with Crippen LogP contribution in [0.3, 0.4) is 0 Å². The first-order valence-electron chi connectivity index (χ1n) is 8.15. The molecule has 0 bridgehead atoms. The zero-order chi connectivity index (χ0) is 16.4. The molecule has 4 rings (SSSR count). The summed E-state index contributed by atoms with van der Waals surface area (Å²) in [5.74, 6) is 1.31. The van der Waals surface area contributed by atoms with Crippen LogP contribution in [0.1, 0.15) is 17.5 Å². The Morgan fingerprint density at radius 3 is 2.71 bits per heavy atom. The quantitative estimate of drug-likeness (QED) is 0.806. The number of benzene rings is 1. The van der Waals surface area contributed by atoms with E-state index in [1.165, 1.54) is 5.56 Å². The van der Waals surface area contributed by atoms with Crippen LogP contribution in [0, 0.1) is 0 Å². The molecule has 1 aromatic carbocycles. The van der Waals surface area contributed by atoms with E-state index in [1.807, 2.05) is 36.4 Å². The summed E-state index contributed by atoms with van der Waals surface area (Å²) in [5, 5.41) is 0. The van der Waals surface area contributed by atoms with Crippen molar-refractivity contribution in [2.45, 2.75) is 19.4 Å². The summed E-state index contributed by atoms with van der Waals surface area (Å²) < 4.78 is 0. The molecule has 0 spiro atoms. The minimum absolute atomic E-state index is 0.0570. The highest BCUT2D eigenvalue weighted by atomic mass is 16.1. The lowest BCUT2D eigenvalue weighted by Gasteiger charge is -2.29. The average molecular weight is 318 g/mol. The number of anilines is 1. The van der Waals surface area contributed by atoms with Gasteiger partial charge in [0.15, 0.2) is 5.82 Å². The van der Waals surface area contributed by atoms with Gasteiger partial charge in [-0.15, -0.1) is 0 Å². The monoisotopic (exact) mass is 318 g/mol. The topological polar surface area (TPSA) is 61.9 Å². The molecule has 5 nitrogen and oxygen atoms in total. The lowest BCUT2D eigenvalue weighted by atomic mass is 10.1. The number of H-pyrrole nitrogens is 1. The Bertz CT molecular complexity index is 890. The van der Waals surface area contributed by atoms with E-state index in [0.717, 1.165) is 37.3 Å². The fraction of sp³-hybridized carbons (Fsp3) is 0.211. The number of hydrogen-bond donors (Lipinski definition) is 1. The summed E-state index contributed by atoms with van der Waals surface area (Å²) in [5.41, 5.74) is 2.62. The van der Waals surface area contributed by atoms with Crippen molar-refractivity contribution in [2.24, 2.45) is 0 Å². The molecule has 1 aliphatic heterocycles. The molecule has 0 aliphatic carbocycles. The van der Waals surface area contributed by atoms with Crippen molar-refractivity contribution in [1.29, 1.82) is 0 Å². The molecule has 0 amide bonds. The molecule has 0 saturated carbocycles. The minimum atomic E-state index is -0.0570. The smallest absolute Gasteiger partial charge is 0.256 e. The number of aromatic amines is 1. The van der Waals surface area contributed by atoms with Crippen LogP contribution in [0.25, 0.3) is 11.5 Å². The van der Waals surface area contributed by atoms with Gasteiger partial charge in [0.25, 0.3) is 5.56 Å².